The average molecular weight is 499 g/mol. The maximum Gasteiger partial charge on any atom is 0.227 e. The van der Waals surface area contributed by atoms with E-state index in [1.165, 1.54) is 12.8 Å². The van der Waals surface area contributed by atoms with Crippen molar-refractivity contribution in [1.29, 1.82) is 0 Å². The van der Waals surface area contributed by atoms with Crippen LogP contribution in [0.3, 0.4) is 0 Å². The van der Waals surface area contributed by atoms with E-state index >= 15 is 0 Å². The number of hydrogen-bond donors (Lipinski definition) is 4. The van der Waals surface area contributed by atoms with Crippen LogP contribution in [-0.2, 0) is 0 Å². The Morgan fingerprint density at radius 1 is 1.11 bits per heavy atom. The number of aromatic nitrogens is 4. The average Bonchev–Trinajstić information content (AvgIpc) is 3.41. The van der Waals surface area contributed by atoms with E-state index in [1.54, 1.807) is 31.4 Å². The van der Waals surface area contributed by atoms with Crippen LogP contribution in [0.15, 0.2) is 12.3 Å². The van der Waals surface area contributed by atoms with E-state index in [4.69, 9.17) is 15.0 Å². The van der Waals surface area contributed by atoms with Gasteiger partial charge in [0.05, 0.1) is 39.4 Å². The molecule has 3 aromatic heterocycles. The van der Waals surface area contributed by atoms with Crippen LogP contribution in [-0.4, -0.2) is 72.7 Å². The maximum atomic E-state index is 10.8. The molecule has 0 saturated heterocycles. The second-order valence-electron chi connectivity index (χ2n) is 10.6. The van der Waals surface area contributed by atoms with E-state index in [-0.39, 0.29) is 0 Å². The van der Waals surface area contributed by atoms with Gasteiger partial charge in [-0.05, 0) is 58.9 Å². The van der Waals surface area contributed by atoms with E-state index in [1.807, 2.05) is 27.0 Å². The Hall–Kier alpha value is -2.40. The molecule has 3 heterocycles. The summed E-state index contributed by atoms with van der Waals surface area (Å²) in [5.74, 6) is 1.41. The Kier molecular flexibility index (Phi) is 6.19. The number of aliphatic hydroxyl groups is 3. The molecule has 0 bridgehead atoms. The fourth-order valence-corrected chi connectivity index (χ4v) is 6.11. The minimum Gasteiger partial charge on any atom is -0.390 e. The summed E-state index contributed by atoms with van der Waals surface area (Å²) in [5, 5.41) is 36.2. The van der Waals surface area contributed by atoms with Crippen molar-refractivity contribution in [1.82, 2.24) is 19.9 Å². The molecule has 1 unspecified atom stereocenters. The van der Waals surface area contributed by atoms with Gasteiger partial charge in [0.15, 0.2) is 0 Å². The van der Waals surface area contributed by atoms with Gasteiger partial charge in [0.2, 0.25) is 5.95 Å². The number of aliphatic hydroxyl groups excluding tert-OH is 2. The van der Waals surface area contributed by atoms with Gasteiger partial charge in [-0.2, -0.15) is 4.98 Å². The van der Waals surface area contributed by atoms with Gasteiger partial charge in [-0.15, -0.1) is 11.3 Å². The number of nitrogens with one attached hydrogen (secondary N) is 1. The van der Waals surface area contributed by atoms with Gasteiger partial charge < -0.3 is 25.5 Å². The Labute approximate surface area is 209 Å². The van der Waals surface area contributed by atoms with Crippen molar-refractivity contribution in [3.63, 3.8) is 0 Å². The molecule has 4 N–H and O–H groups in total. The third-order valence-electron chi connectivity index (χ3n) is 7.26. The number of anilines is 2. The first-order valence-corrected chi connectivity index (χ1v) is 13.0. The number of aryl methyl sites for hydroxylation is 2. The van der Waals surface area contributed by atoms with Gasteiger partial charge >= 0.3 is 0 Å². The highest BCUT2D eigenvalue weighted by Gasteiger charge is 2.48. The largest absolute Gasteiger partial charge is 0.390 e. The second kappa shape index (κ2) is 8.92. The van der Waals surface area contributed by atoms with Crippen molar-refractivity contribution in [3.05, 3.63) is 23.7 Å². The summed E-state index contributed by atoms with van der Waals surface area (Å²) in [6.07, 6.45) is 2.58. The number of pyridine rings is 1. The molecule has 188 valence electrons. The Balaban J connectivity index is 1.56. The normalized spacial score (nSPS) is 24.8. The molecule has 2 fully saturated rings. The quantitative estimate of drug-likeness (QED) is 0.389. The third-order valence-corrected chi connectivity index (χ3v) is 8.30. The Morgan fingerprint density at radius 2 is 1.86 bits per heavy atom. The van der Waals surface area contributed by atoms with Crippen molar-refractivity contribution in [2.24, 2.45) is 11.8 Å². The van der Waals surface area contributed by atoms with Gasteiger partial charge in [0.1, 0.15) is 22.4 Å². The number of hydrogen-bond acceptors (Lipinski definition) is 10. The van der Waals surface area contributed by atoms with Crippen LogP contribution < -0.4 is 10.2 Å². The standard InChI is InChI=1S/C25H34N6O3S/c1-12-18(23-29-19-13(2)26-9-8-17(19)35-23)22(30-24(27-12)31(5)11-14-6-7-14)28-16-10-15(25(3,4)34)20(32)21(16)33/h8-9,14-16,20-21,32-34H,6-7,10-11H2,1-5H3,(H,27,28,30)/t15-,16?,20+,21-/m0/s1. The number of fused-ring (bicyclic) bond motifs is 1. The van der Waals surface area contributed by atoms with E-state index in [0.717, 1.165) is 38.7 Å². The smallest absolute Gasteiger partial charge is 0.227 e. The van der Waals surface area contributed by atoms with Crippen LogP contribution in [0.2, 0.25) is 0 Å². The first kappa shape index (κ1) is 24.3. The molecule has 3 aromatic rings. The summed E-state index contributed by atoms with van der Waals surface area (Å²) in [5.41, 5.74) is 2.17. The van der Waals surface area contributed by atoms with Crippen molar-refractivity contribution < 1.29 is 15.3 Å². The fraction of sp³-hybridized carbons (Fsp3) is 0.600. The van der Waals surface area contributed by atoms with E-state index in [0.29, 0.717) is 24.1 Å². The molecule has 9 nitrogen and oxygen atoms in total. The highest BCUT2D eigenvalue weighted by molar-refractivity contribution is 7.21. The molecule has 2 aliphatic carbocycles. The lowest BCUT2D eigenvalue weighted by molar-refractivity contribution is -0.0601. The first-order chi connectivity index (χ1) is 16.5. The topological polar surface area (TPSA) is 128 Å². The molecule has 0 amide bonds. The summed E-state index contributed by atoms with van der Waals surface area (Å²) in [4.78, 5) is 21.0. The minimum atomic E-state index is -1.12. The van der Waals surface area contributed by atoms with Crippen LogP contribution in [0.1, 0.15) is 44.5 Å². The lowest BCUT2D eigenvalue weighted by Gasteiger charge is -2.28. The molecule has 4 atom stereocenters. The molecule has 0 radical (unpaired) electrons. The molecule has 0 aromatic carbocycles. The zero-order chi connectivity index (χ0) is 25.1. The van der Waals surface area contributed by atoms with Crippen LogP contribution in [0, 0.1) is 25.7 Å². The van der Waals surface area contributed by atoms with Gasteiger partial charge in [-0.25, -0.2) is 9.97 Å². The zero-order valence-corrected chi connectivity index (χ0v) is 21.7. The van der Waals surface area contributed by atoms with Crippen LogP contribution in [0.25, 0.3) is 20.8 Å². The molecule has 0 spiro atoms. The van der Waals surface area contributed by atoms with Crippen molar-refractivity contribution in [3.8, 4) is 10.6 Å². The molecule has 0 aliphatic heterocycles. The summed E-state index contributed by atoms with van der Waals surface area (Å²) in [6.45, 7) is 8.12. The summed E-state index contributed by atoms with van der Waals surface area (Å²) < 4.78 is 1.03. The van der Waals surface area contributed by atoms with Crippen LogP contribution in [0.4, 0.5) is 11.8 Å². The Morgan fingerprint density at radius 3 is 2.49 bits per heavy atom. The Bertz CT molecular complexity index is 1240. The maximum absolute atomic E-state index is 10.8. The predicted octanol–water partition coefficient (Wildman–Crippen LogP) is 2.90. The molecule has 2 aliphatic rings. The summed E-state index contributed by atoms with van der Waals surface area (Å²) in [7, 11) is 2.00. The van der Waals surface area contributed by atoms with E-state index in [2.05, 4.69) is 15.2 Å². The van der Waals surface area contributed by atoms with Crippen molar-refractivity contribution in [2.75, 3.05) is 23.8 Å². The SMILES string of the molecule is Cc1nc(N(C)CC2CC2)nc(NC2C[C@H](C(C)(C)O)[C@@H](O)[C@H]2O)c1-c1nc2c(C)nccc2s1. The van der Waals surface area contributed by atoms with E-state index < -0.39 is 29.8 Å². The highest BCUT2D eigenvalue weighted by atomic mass is 32.1. The third kappa shape index (κ3) is 4.72. The molecule has 5 rings (SSSR count). The monoisotopic (exact) mass is 498 g/mol. The van der Waals surface area contributed by atoms with Crippen molar-refractivity contribution >= 4 is 33.3 Å². The number of thiazole rings is 1. The van der Waals surface area contributed by atoms with Gasteiger partial charge in [-0.1, -0.05) is 0 Å². The zero-order valence-electron chi connectivity index (χ0n) is 20.9. The molecule has 35 heavy (non-hydrogen) atoms. The lowest BCUT2D eigenvalue weighted by Crippen LogP contribution is -2.40. The van der Waals surface area contributed by atoms with E-state index in [9.17, 15) is 15.3 Å². The first-order valence-electron chi connectivity index (χ1n) is 12.2. The van der Waals surface area contributed by atoms with Crippen molar-refractivity contribution in [2.45, 2.75) is 70.8 Å². The van der Waals surface area contributed by atoms with Crippen LogP contribution in [0.5, 0.6) is 0 Å². The fourth-order valence-electron chi connectivity index (χ4n) is 5.00. The van der Waals surface area contributed by atoms with Crippen LogP contribution >= 0.6 is 11.3 Å². The van der Waals surface area contributed by atoms with Gasteiger partial charge in [0.25, 0.3) is 0 Å². The molecular formula is C25H34N6O3S. The van der Waals surface area contributed by atoms with Gasteiger partial charge in [-0.3, -0.25) is 4.98 Å². The predicted molar refractivity (Wildman–Crippen MR) is 138 cm³/mol. The second-order valence-corrected chi connectivity index (χ2v) is 11.7. The molecule has 10 heteroatoms. The minimum absolute atomic E-state index is 0.407. The summed E-state index contributed by atoms with van der Waals surface area (Å²) in [6, 6.07) is 1.48. The molecular weight excluding hydrogens is 464 g/mol. The molecule has 2 saturated carbocycles. The number of nitrogens with zero attached hydrogens (tertiary/aromatic N) is 5. The lowest BCUT2D eigenvalue weighted by atomic mass is 9.88. The van der Waals surface area contributed by atoms with Gasteiger partial charge in [0, 0.05) is 25.7 Å². The highest BCUT2D eigenvalue weighted by Crippen LogP contribution is 2.40. The number of rotatable bonds is 7. The summed E-state index contributed by atoms with van der Waals surface area (Å²) >= 11 is 1.56.